The van der Waals surface area contributed by atoms with Gasteiger partial charge in [-0.2, -0.15) is 0 Å². The quantitative estimate of drug-likeness (QED) is 0.548. The van der Waals surface area contributed by atoms with Gasteiger partial charge in [-0.25, -0.2) is 0 Å². The molecule has 150 valence electrons. The number of ether oxygens (including phenoxy) is 2. The highest BCUT2D eigenvalue weighted by molar-refractivity contribution is 5.49. The summed E-state index contributed by atoms with van der Waals surface area (Å²) in [5.74, 6) is 1.01. The highest BCUT2D eigenvalue weighted by Gasteiger charge is 2.21. The van der Waals surface area contributed by atoms with E-state index >= 15 is 0 Å². The van der Waals surface area contributed by atoms with Gasteiger partial charge in [0, 0.05) is 44.5 Å². The molecule has 8 heteroatoms. The van der Waals surface area contributed by atoms with Crippen molar-refractivity contribution in [2.75, 3.05) is 51.3 Å². The number of piperazine rings is 1. The fourth-order valence-electron chi connectivity index (χ4n) is 3.25. The molecule has 1 aliphatic heterocycles. The van der Waals surface area contributed by atoms with Gasteiger partial charge in [0.1, 0.15) is 18.5 Å². The summed E-state index contributed by atoms with van der Waals surface area (Å²) in [5.41, 5.74) is 1.06. The van der Waals surface area contributed by atoms with Crippen LogP contribution in [-0.2, 0) is 0 Å². The Labute approximate surface area is 164 Å². The Morgan fingerprint density at radius 2 is 1.79 bits per heavy atom. The van der Waals surface area contributed by atoms with E-state index in [4.69, 9.17) is 9.47 Å². The van der Waals surface area contributed by atoms with Crippen molar-refractivity contribution in [2.45, 2.75) is 6.10 Å². The van der Waals surface area contributed by atoms with Crippen LogP contribution in [0.15, 0.2) is 48.5 Å². The van der Waals surface area contributed by atoms with E-state index in [1.54, 1.807) is 25.3 Å². The molecule has 0 aliphatic carbocycles. The number of hydrogen-bond acceptors (Lipinski definition) is 7. The number of benzene rings is 2. The van der Waals surface area contributed by atoms with Gasteiger partial charge in [0.05, 0.1) is 12.0 Å². The van der Waals surface area contributed by atoms with E-state index in [0.717, 1.165) is 37.6 Å². The van der Waals surface area contributed by atoms with Gasteiger partial charge >= 0.3 is 5.69 Å². The van der Waals surface area contributed by atoms with Crippen LogP contribution in [0.2, 0.25) is 0 Å². The third-order valence-corrected chi connectivity index (χ3v) is 4.77. The lowest BCUT2D eigenvalue weighted by Gasteiger charge is -2.36. The number of nitrogens with zero attached hydrogens (tertiary/aromatic N) is 3. The summed E-state index contributed by atoms with van der Waals surface area (Å²) in [7, 11) is 1.65. The van der Waals surface area contributed by atoms with E-state index in [-0.39, 0.29) is 18.0 Å². The number of nitro groups is 1. The number of methoxy groups -OCH3 is 1. The first-order valence-corrected chi connectivity index (χ1v) is 9.22. The van der Waals surface area contributed by atoms with Crippen molar-refractivity contribution in [3.05, 3.63) is 58.6 Å². The Morgan fingerprint density at radius 3 is 2.43 bits per heavy atom. The maximum Gasteiger partial charge on any atom is 0.310 e. The summed E-state index contributed by atoms with van der Waals surface area (Å²) >= 11 is 0. The van der Waals surface area contributed by atoms with Gasteiger partial charge in [-0.05, 0) is 30.3 Å². The van der Waals surface area contributed by atoms with Gasteiger partial charge in [-0.1, -0.05) is 12.1 Å². The number of nitro benzene ring substituents is 1. The van der Waals surface area contributed by atoms with Gasteiger partial charge in [0.15, 0.2) is 5.75 Å². The predicted octanol–water partition coefficient (Wildman–Crippen LogP) is 2.17. The second-order valence-electron chi connectivity index (χ2n) is 6.68. The van der Waals surface area contributed by atoms with E-state index in [0.29, 0.717) is 6.54 Å². The van der Waals surface area contributed by atoms with Crippen LogP contribution in [0.3, 0.4) is 0 Å². The van der Waals surface area contributed by atoms with E-state index < -0.39 is 11.0 Å². The lowest BCUT2D eigenvalue weighted by atomic mass is 10.2. The molecule has 2 aromatic carbocycles. The van der Waals surface area contributed by atoms with Crippen LogP contribution in [0.1, 0.15) is 0 Å². The molecule has 0 spiro atoms. The number of hydrogen-bond donors (Lipinski definition) is 1. The van der Waals surface area contributed by atoms with Crippen molar-refractivity contribution in [2.24, 2.45) is 0 Å². The molecular weight excluding hydrogens is 362 g/mol. The van der Waals surface area contributed by atoms with Gasteiger partial charge in [0.25, 0.3) is 0 Å². The van der Waals surface area contributed by atoms with E-state index in [1.165, 1.54) is 6.07 Å². The lowest BCUT2D eigenvalue weighted by molar-refractivity contribution is -0.385. The van der Waals surface area contributed by atoms with Gasteiger partial charge in [-0.3, -0.25) is 15.0 Å². The maximum absolute atomic E-state index is 11.0. The normalized spacial score (nSPS) is 15.9. The van der Waals surface area contributed by atoms with Gasteiger partial charge in [0.2, 0.25) is 0 Å². The molecule has 0 radical (unpaired) electrons. The number of β-amino-alcohol motifs (C(OH)–C–C–N with tert-alkyl or cyclic N) is 1. The van der Waals surface area contributed by atoms with Crippen LogP contribution in [0.5, 0.6) is 11.5 Å². The molecule has 0 aromatic heterocycles. The van der Waals surface area contributed by atoms with Crippen LogP contribution in [-0.4, -0.2) is 67.5 Å². The summed E-state index contributed by atoms with van der Waals surface area (Å²) in [6.07, 6.45) is -0.715. The van der Waals surface area contributed by atoms with Crippen molar-refractivity contribution in [3.63, 3.8) is 0 Å². The first-order chi connectivity index (χ1) is 13.6. The maximum atomic E-state index is 11.0. The molecule has 2 aromatic rings. The Morgan fingerprint density at radius 1 is 1.11 bits per heavy atom. The van der Waals surface area contributed by atoms with Crippen molar-refractivity contribution < 1.29 is 19.5 Å². The van der Waals surface area contributed by atoms with Crippen LogP contribution >= 0.6 is 0 Å². The summed E-state index contributed by atoms with van der Waals surface area (Å²) in [4.78, 5) is 15.0. The second kappa shape index (κ2) is 9.38. The molecule has 28 heavy (non-hydrogen) atoms. The molecule has 0 unspecified atom stereocenters. The van der Waals surface area contributed by atoms with Crippen LogP contribution in [0.25, 0.3) is 0 Å². The second-order valence-corrected chi connectivity index (χ2v) is 6.68. The number of rotatable bonds is 8. The molecule has 3 rings (SSSR count). The van der Waals surface area contributed by atoms with E-state index in [1.807, 2.05) is 24.3 Å². The molecule has 0 saturated carbocycles. The minimum Gasteiger partial charge on any atom is -0.497 e. The van der Waals surface area contributed by atoms with Crippen LogP contribution < -0.4 is 14.4 Å². The third-order valence-electron chi connectivity index (χ3n) is 4.77. The average molecular weight is 387 g/mol. The molecule has 0 amide bonds. The molecule has 1 N–H and O–H groups in total. The molecule has 1 fully saturated rings. The fourth-order valence-corrected chi connectivity index (χ4v) is 3.25. The number of para-hydroxylation sites is 2. The topological polar surface area (TPSA) is 88.3 Å². The van der Waals surface area contributed by atoms with Crippen molar-refractivity contribution in [3.8, 4) is 11.5 Å². The van der Waals surface area contributed by atoms with Crippen molar-refractivity contribution in [1.82, 2.24) is 4.90 Å². The Kier molecular flexibility index (Phi) is 6.67. The average Bonchev–Trinajstić information content (AvgIpc) is 2.73. The zero-order chi connectivity index (χ0) is 19.9. The Bertz CT molecular complexity index is 776. The number of aliphatic hydroxyl groups is 1. The molecule has 0 bridgehead atoms. The number of aliphatic hydroxyl groups excluding tert-OH is 1. The molecule has 1 atom stereocenters. The van der Waals surface area contributed by atoms with Crippen LogP contribution in [0.4, 0.5) is 11.4 Å². The summed E-state index contributed by atoms with van der Waals surface area (Å²) in [6, 6.07) is 14.2. The first kappa shape index (κ1) is 19.9. The number of anilines is 1. The van der Waals surface area contributed by atoms with E-state index in [2.05, 4.69) is 9.80 Å². The van der Waals surface area contributed by atoms with Crippen molar-refractivity contribution in [1.29, 1.82) is 0 Å². The lowest BCUT2D eigenvalue weighted by Crippen LogP contribution is -2.49. The monoisotopic (exact) mass is 387 g/mol. The zero-order valence-electron chi connectivity index (χ0n) is 15.9. The van der Waals surface area contributed by atoms with E-state index in [9.17, 15) is 15.2 Å². The molecule has 1 heterocycles. The summed E-state index contributed by atoms with van der Waals surface area (Å²) in [5, 5.41) is 21.3. The highest BCUT2D eigenvalue weighted by atomic mass is 16.6. The molecular formula is C20H25N3O5. The molecule has 8 nitrogen and oxygen atoms in total. The smallest absolute Gasteiger partial charge is 0.310 e. The summed E-state index contributed by atoms with van der Waals surface area (Å²) in [6.45, 7) is 3.87. The molecule has 1 aliphatic rings. The summed E-state index contributed by atoms with van der Waals surface area (Å²) < 4.78 is 10.7. The van der Waals surface area contributed by atoms with Gasteiger partial charge in [-0.15, -0.1) is 0 Å². The molecule has 1 saturated heterocycles. The fraction of sp³-hybridized carbons (Fsp3) is 0.400. The van der Waals surface area contributed by atoms with Crippen LogP contribution in [0, 0.1) is 10.1 Å². The SMILES string of the molecule is COc1ccc(N2CCN(C[C@H](O)COc3ccccc3[N+](=O)[O-])CC2)cc1. The Balaban J connectivity index is 1.45. The Hall–Kier alpha value is -2.84. The van der Waals surface area contributed by atoms with Crippen molar-refractivity contribution >= 4 is 11.4 Å². The highest BCUT2D eigenvalue weighted by Crippen LogP contribution is 2.26. The standard InChI is InChI=1S/C20H25N3O5/c1-27-18-8-6-16(7-9-18)22-12-10-21(11-13-22)14-17(24)15-28-20-5-3-2-4-19(20)23(25)26/h2-9,17,24H,10-15H2,1H3/t17-/m0/s1. The minimum absolute atomic E-state index is 0.0174. The third kappa shape index (κ3) is 5.11. The predicted molar refractivity (Wildman–Crippen MR) is 106 cm³/mol. The minimum atomic E-state index is -0.715. The zero-order valence-corrected chi connectivity index (χ0v) is 15.9. The first-order valence-electron chi connectivity index (χ1n) is 9.22. The largest absolute Gasteiger partial charge is 0.497 e. The van der Waals surface area contributed by atoms with Gasteiger partial charge < -0.3 is 19.5 Å².